The lowest BCUT2D eigenvalue weighted by Crippen LogP contribution is -2.27. The van der Waals surface area contributed by atoms with Crippen LogP contribution in [0.5, 0.6) is 0 Å². The van der Waals surface area contributed by atoms with Crippen LogP contribution in [0.4, 0.5) is 0 Å². The largest absolute Gasteiger partial charge is 0.472 e. The maximum Gasteiger partial charge on any atom is 0.472 e. The molecule has 0 bridgehead atoms. The number of ether oxygens (including phenoxy) is 1. The van der Waals surface area contributed by atoms with E-state index in [-0.39, 0.29) is 32.1 Å². The van der Waals surface area contributed by atoms with Crippen LogP contribution >= 0.6 is 7.82 Å². The normalized spacial score (nSPS) is 13.8. The van der Waals surface area contributed by atoms with Gasteiger partial charge in [0.15, 0.2) is 0 Å². The number of unbranched alkanes of at least 4 members (excludes halogenated alkanes) is 19. The van der Waals surface area contributed by atoms with Gasteiger partial charge >= 0.3 is 13.8 Å². The second kappa shape index (κ2) is 40.6. The maximum absolute atomic E-state index is 12.1. The van der Waals surface area contributed by atoms with Gasteiger partial charge in [-0.15, -0.1) is 0 Å². The summed E-state index contributed by atoms with van der Waals surface area (Å²) >= 11 is 0. The van der Waals surface area contributed by atoms with Gasteiger partial charge < -0.3 is 20.1 Å². The summed E-state index contributed by atoms with van der Waals surface area (Å²) in [5.41, 5.74) is 0. The number of nitrogens with one attached hydrogen (secondary N) is 1. The van der Waals surface area contributed by atoms with E-state index in [1.807, 2.05) is 0 Å². The molecule has 0 saturated carbocycles. The third kappa shape index (κ3) is 41.1. The standard InChI is InChI=1S/C44H80NO8P/c1-3-5-7-9-11-13-15-16-17-18-19-20-21-22-23-24-25-26-27-29-31-33-35-37-44(48)51-40-42(46)41-53-54(49,50)52-39-38-45-43(47)36-34-32-30-28-14-12-10-8-6-4-2/h8,10-11,13,16-17,19-20,42,46H,3-7,9,12,14-15,18,21-41H2,1-2H3,(H,45,47)(H,49,50)/b10-8-,13-11-,17-16-,20-19-. The summed E-state index contributed by atoms with van der Waals surface area (Å²) in [6.07, 6.45) is 46.2. The SMILES string of the molecule is CCC/C=C\CCCCCCCC(=O)NCCOP(=O)(O)OCC(O)COC(=O)CCCCCCCCCCCC/C=C\C/C=C\C/C=C\CCCCC. The second-order valence-electron chi connectivity index (χ2n) is 14.3. The number of carbonyl (C=O) groups is 2. The molecule has 0 aliphatic rings. The van der Waals surface area contributed by atoms with E-state index in [9.17, 15) is 24.2 Å². The summed E-state index contributed by atoms with van der Waals surface area (Å²) in [7, 11) is -4.42. The fourth-order valence-corrected chi connectivity index (χ4v) is 6.44. The van der Waals surface area contributed by atoms with Crippen LogP contribution < -0.4 is 5.32 Å². The second-order valence-corrected chi connectivity index (χ2v) is 15.8. The Morgan fingerprint density at radius 1 is 0.574 bits per heavy atom. The molecule has 10 heteroatoms. The minimum atomic E-state index is -4.42. The van der Waals surface area contributed by atoms with Crippen LogP contribution in [0.15, 0.2) is 48.6 Å². The number of carbonyl (C=O) groups excluding carboxylic acids is 2. The molecule has 0 aliphatic heterocycles. The van der Waals surface area contributed by atoms with Gasteiger partial charge in [0.1, 0.15) is 12.7 Å². The van der Waals surface area contributed by atoms with E-state index >= 15 is 0 Å². The first kappa shape index (κ1) is 52.0. The van der Waals surface area contributed by atoms with Crippen molar-refractivity contribution in [2.45, 2.75) is 193 Å². The van der Waals surface area contributed by atoms with Gasteiger partial charge in [-0.3, -0.25) is 18.6 Å². The van der Waals surface area contributed by atoms with E-state index in [1.54, 1.807) is 0 Å². The monoisotopic (exact) mass is 782 g/mol. The van der Waals surface area contributed by atoms with Gasteiger partial charge in [0, 0.05) is 19.4 Å². The van der Waals surface area contributed by atoms with Crippen molar-refractivity contribution in [3.63, 3.8) is 0 Å². The maximum atomic E-state index is 12.1. The Hall–Kier alpha value is -2.03. The van der Waals surface area contributed by atoms with E-state index in [0.29, 0.717) is 6.42 Å². The highest BCUT2D eigenvalue weighted by Gasteiger charge is 2.23. The Bertz CT molecular complexity index is 1030. The summed E-state index contributed by atoms with van der Waals surface area (Å²) < 4.78 is 26.8. The quantitative estimate of drug-likeness (QED) is 0.0242. The molecule has 54 heavy (non-hydrogen) atoms. The van der Waals surface area contributed by atoms with Crippen molar-refractivity contribution in [3.05, 3.63) is 48.6 Å². The molecule has 0 heterocycles. The molecular formula is C44H80NO8P. The molecule has 0 radical (unpaired) electrons. The number of hydrogen-bond acceptors (Lipinski definition) is 7. The zero-order chi connectivity index (χ0) is 39.6. The van der Waals surface area contributed by atoms with Crippen LogP contribution in [0.2, 0.25) is 0 Å². The Balaban J connectivity index is 3.59. The Kier molecular flexibility index (Phi) is 39.1. The molecule has 2 unspecified atom stereocenters. The van der Waals surface area contributed by atoms with E-state index in [4.69, 9.17) is 13.8 Å². The molecular weight excluding hydrogens is 701 g/mol. The first-order valence-electron chi connectivity index (χ1n) is 21.6. The van der Waals surface area contributed by atoms with Crippen LogP contribution in [0.25, 0.3) is 0 Å². The van der Waals surface area contributed by atoms with E-state index in [2.05, 4.69) is 67.8 Å². The molecule has 0 spiro atoms. The van der Waals surface area contributed by atoms with Crippen molar-refractivity contribution in [1.29, 1.82) is 0 Å². The summed E-state index contributed by atoms with van der Waals surface area (Å²) in [4.78, 5) is 33.8. The minimum absolute atomic E-state index is 0.0756. The number of rotatable bonds is 40. The average molecular weight is 782 g/mol. The molecule has 1 amide bonds. The van der Waals surface area contributed by atoms with Gasteiger partial charge in [0.2, 0.25) is 5.91 Å². The summed E-state index contributed by atoms with van der Waals surface area (Å²) in [5, 5.41) is 12.7. The third-order valence-corrected chi connectivity index (χ3v) is 9.95. The number of amides is 1. The number of hydrogen-bond donors (Lipinski definition) is 3. The topological polar surface area (TPSA) is 131 Å². The molecule has 3 N–H and O–H groups in total. The summed E-state index contributed by atoms with van der Waals surface area (Å²) in [6.45, 7) is 3.44. The summed E-state index contributed by atoms with van der Waals surface area (Å²) in [6, 6.07) is 0. The summed E-state index contributed by atoms with van der Waals surface area (Å²) in [5.74, 6) is -0.533. The lowest BCUT2D eigenvalue weighted by atomic mass is 10.1. The van der Waals surface area contributed by atoms with Gasteiger partial charge in [-0.25, -0.2) is 4.57 Å². The number of aliphatic hydroxyl groups excluding tert-OH is 1. The Morgan fingerprint density at radius 2 is 1.04 bits per heavy atom. The van der Waals surface area contributed by atoms with Crippen molar-refractivity contribution in [3.8, 4) is 0 Å². The molecule has 0 aromatic rings. The van der Waals surface area contributed by atoms with E-state index < -0.39 is 26.5 Å². The first-order chi connectivity index (χ1) is 26.3. The predicted octanol–water partition coefficient (Wildman–Crippen LogP) is 11.9. The Morgan fingerprint density at radius 3 is 1.59 bits per heavy atom. The van der Waals surface area contributed by atoms with Crippen molar-refractivity contribution in [2.75, 3.05) is 26.4 Å². The Labute approximate surface area is 330 Å². The lowest BCUT2D eigenvalue weighted by Gasteiger charge is -2.15. The molecule has 9 nitrogen and oxygen atoms in total. The third-order valence-electron chi connectivity index (χ3n) is 8.96. The van der Waals surface area contributed by atoms with E-state index in [0.717, 1.165) is 70.6 Å². The fourth-order valence-electron chi connectivity index (χ4n) is 5.68. The highest BCUT2D eigenvalue weighted by molar-refractivity contribution is 7.47. The number of phosphoric ester groups is 1. The van der Waals surface area contributed by atoms with Crippen LogP contribution in [0.1, 0.15) is 187 Å². The number of phosphoric acid groups is 1. The first-order valence-corrected chi connectivity index (χ1v) is 23.1. The van der Waals surface area contributed by atoms with Crippen LogP contribution in [0, 0.1) is 0 Å². The predicted molar refractivity (Wildman–Crippen MR) is 224 cm³/mol. The number of allylic oxidation sites excluding steroid dienone is 8. The van der Waals surface area contributed by atoms with E-state index in [1.165, 1.54) is 89.9 Å². The van der Waals surface area contributed by atoms with Crippen molar-refractivity contribution in [1.82, 2.24) is 5.32 Å². The molecule has 0 aromatic heterocycles. The molecule has 0 aliphatic carbocycles. The van der Waals surface area contributed by atoms with Crippen LogP contribution in [-0.4, -0.2) is 54.3 Å². The van der Waals surface area contributed by atoms with Crippen LogP contribution in [0.3, 0.4) is 0 Å². The number of esters is 1. The lowest BCUT2D eigenvalue weighted by molar-refractivity contribution is -0.147. The molecule has 0 rings (SSSR count). The minimum Gasteiger partial charge on any atom is -0.463 e. The molecule has 0 aromatic carbocycles. The highest BCUT2D eigenvalue weighted by atomic mass is 31.2. The van der Waals surface area contributed by atoms with Gasteiger partial charge in [-0.05, 0) is 70.6 Å². The smallest absolute Gasteiger partial charge is 0.463 e. The van der Waals surface area contributed by atoms with Gasteiger partial charge in [0.05, 0.1) is 13.2 Å². The molecule has 0 fully saturated rings. The molecule has 0 saturated heterocycles. The van der Waals surface area contributed by atoms with Crippen molar-refractivity contribution >= 4 is 19.7 Å². The average Bonchev–Trinajstić information content (AvgIpc) is 3.16. The van der Waals surface area contributed by atoms with Crippen LogP contribution in [-0.2, 0) is 27.9 Å². The zero-order valence-electron chi connectivity index (χ0n) is 34.4. The molecule has 2 atom stereocenters. The molecule has 314 valence electrons. The van der Waals surface area contributed by atoms with Gasteiger partial charge in [0.25, 0.3) is 0 Å². The van der Waals surface area contributed by atoms with Crippen molar-refractivity contribution < 1.29 is 37.9 Å². The fraction of sp³-hybridized carbons (Fsp3) is 0.773. The highest BCUT2D eigenvalue weighted by Crippen LogP contribution is 2.42. The van der Waals surface area contributed by atoms with Gasteiger partial charge in [-0.1, -0.05) is 152 Å². The number of aliphatic hydroxyl groups is 1. The van der Waals surface area contributed by atoms with Crippen molar-refractivity contribution in [2.24, 2.45) is 0 Å². The van der Waals surface area contributed by atoms with Gasteiger partial charge in [-0.2, -0.15) is 0 Å². The zero-order valence-corrected chi connectivity index (χ0v) is 35.3.